The first-order chi connectivity index (χ1) is 16.5. The van der Waals surface area contributed by atoms with E-state index < -0.39 is 0 Å². The fraction of sp³-hybridized carbons (Fsp3) is 0.154. The van der Waals surface area contributed by atoms with Crippen LogP contribution in [-0.4, -0.2) is 28.4 Å². The maximum absolute atomic E-state index is 13.6. The Bertz CT molecular complexity index is 1600. The van der Waals surface area contributed by atoms with Gasteiger partial charge in [0.2, 0.25) is 0 Å². The monoisotopic (exact) mass is 454 g/mol. The van der Waals surface area contributed by atoms with E-state index in [0.29, 0.717) is 18.7 Å². The molecule has 0 saturated carbocycles. The first-order valence-corrected chi connectivity index (χ1v) is 11.1. The summed E-state index contributed by atoms with van der Waals surface area (Å²) in [5.41, 5.74) is 5.99. The van der Waals surface area contributed by atoms with Gasteiger partial charge in [-0.15, -0.1) is 0 Å². The number of hydrogen-bond donors (Lipinski definition) is 2. The zero-order chi connectivity index (χ0) is 23.4. The number of benzene rings is 1. The second-order valence-corrected chi connectivity index (χ2v) is 8.53. The molecule has 1 aromatic heterocycles. The van der Waals surface area contributed by atoms with Crippen molar-refractivity contribution >= 4 is 28.8 Å². The van der Waals surface area contributed by atoms with E-state index in [9.17, 15) is 9.18 Å². The Kier molecular flexibility index (Phi) is 4.55. The van der Waals surface area contributed by atoms with Crippen LogP contribution in [0.15, 0.2) is 65.7 Å². The minimum absolute atomic E-state index is 0.121. The number of aryl methyl sites for hydroxylation is 1. The molecule has 6 rings (SSSR count). The lowest BCUT2D eigenvalue weighted by atomic mass is 10.0. The van der Waals surface area contributed by atoms with Crippen molar-refractivity contribution in [3.05, 3.63) is 93.4 Å². The zero-order valence-corrected chi connectivity index (χ0v) is 18.8. The van der Waals surface area contributed by atoms with Gasteiger partial charge in [-0.3, -0.25) is 9.48 Å². The summed E-state index contributed by atoms with van der Waals surface area (Å²) in [4.78, 5) is 20.4. The molecule has 34 heavy (non-hydrogen) atoms. The number of rotatable bonds is 4. The molecule has 0 fully saturated rings. The highest BCUT2D eigenvalue weighted by molar-refractivity contribution is 5.93. The largest absolute Gasteiger partial charge is 0.379 e. The average Bonchev–Trinajstić information content (AvgIpc) is 3.32. The molecule has 1 aromatic carbocycles. The maximum atomic E-state index is 13.6. The van der Waals surface area contributed by atoms with Crippen LogP contribution < -0.4 is 31.2 Å². The van der Waals surface area contributed by atoms with Gasteiger partial charge in [-0.1, -0.05) is 0 Å². The van der Waals surface area contributed by atoms with Gasteiger partial charge >= 0.3 is 0 Å². The summed E-state index contributed by atoms with van der Waals surface area (Å²) < 4.78 is 15.4. The van der Waals surface area contributed by atoms with Gasteiger partial charge in [0, 0.05) is 60.6 Å². The van der Waals surface area contributed by atoms with Gasteiger partial charge in [-0.2, -0.15) is 5.10 Å². The normalized spacial score (nSPS) is 14.4. The minimum atomic E-state index is -0.278. The van der Waals surface area contributed by atoms with E-state index in [2.05, 4.69) is 26.4 Å². The first-order valence-electron chi connectivity index (χ1n) is 11.1. The third-order valence-electron chi connectivity index (χ3n) is 6.55. The molecule has 0 atom stereocenters. The lowest BCUT2D eigenvalue weighted by Gasteiger charge is -2.27. The van der Waals surface area contributed by atoms with Gasteiger partial charge in [0.05, 0.1) is 29.2 Å². The lowest BCUT2D eigenvalue weighted by Crippen LogP contribution is -2.29. The molecule has 7 nitrogen and oxygen atoms in total. The predicted molar refractivity (Wildman–Crippen MR) is 132 cm³/mol. The number of aromatic nitrogens is 3. The molecular weight excluding hydrogens is 431 g/mol. The smallest absolute Gasteiger partial charge is 0.258 e. The van der Waals surface area contributed by atoms with Crippen molar-refractivity contribution in [3.8, 4) is 11.1 Å². The highest BCUT2D eigenvalue weighted by Crippen LogP contribution is 2.37. The first kappa shape index (κ1) is 20.3. The second-order valence-electron chi connectivity index (χ2n) is 8.53. The van der Waals surface area contributed by atoms with E-state index in [1.165, 1.54) is 12.1 Å². The van der Waals surface area contributed by atoms with Crippen LogP contribution in [0.3, 0.4) is 0 Å². The number of aromatic amines is 1. The van der Waals surface area contributed by atoms with E-state index in [4.69, 9.17) is 0 Å². The summed E-state index contributed by atoms with van der Waals surface area (Å²) in [5.74, 6) is -0.278. The molecule has 4 heterocycles. The highest BCUT2D eigenvalue weighted by atomic mass is 19.1. The molecule has 0 spiro atoms. The molecule has 0 amide bonds. The quantitative estimate of drug-likeness (QED) is 0.495. The summed E-state index contributed by atoms with van der Waals surface area (Å²) >= 11 is 0. The van der Waals surface area contributed by atoms with Crippen molar-refractivity contribution in [3.63, 3.8) is 0 Å². The number of hydrogen-bond acceptors (Lipinski definition) is 5. The van der Waals surface area contributed by atoms with E-state index in [1.807, 2.05) is 54.2 Å². The van der Waals surface area contributed by atoms with Crippen molar-refractivity contribution in [2.75, 3.05) is 23.4 Å². The topological polar surface area (TPSA) is 69.2 Å². The zero-order valence-electron chi connectivity index (χ0n) is 18.8. The fourth-order valence-electron chi connectivity index (χ4n) is 4.82. The Morgan fingerprint density at radius 1 is 1.09 bits per heavy atom. The fourth-order valence-corrected chi connectivity index (χ4v) is 4.82. The predicted octanol–water partition coefficient (Wildman–Crippen LogP) is 2.15. The molecule has 0 saturated heterocycles. The van der Waals surface area contributed by atoms with E-state index >= 15 is 0 Å². The molecule has 0 bridgehead atoms. The molecule has 4 aliphatic rings. The van der Waals surface area contributed by atoms with Gasteiger partial charge in [0.1, 0.15) is 5.82 Å². The van der Waals surface area contributed by atoms with E-state index in [1.54, 1.807) is 18.3 Å². The SMILES string of the molecule is CN1C=CC(NCc2ccnn2C)=c2ccc3c4c([nH]c(=O)c-4c21)=CCN3c1ccc(F)cc1. The Morgan fingerprint density at radius 2 is 1.91 bits per heavy atom. The number of H-pyrrole nitrogens is 1. The van der Waals surface area contributed by atoms with Crippen LogP contribution in [-0.2, 0) is 13.6 Å². The molecule has 8 heteroatoms. The van der Waals surface area contributed by atoms with Gasteiger partial charge in [0.25, 0.3) is 5.56 Å². The summed E-state index contributed by atoms with van der Waals surface area (Å²) in [6.45, 7) is 1.18. The van der Waals surface area contributed by atoms with Gasteiger partial charge in [-0.05, 0) is 54.6 Å². The van der Waals surface area contributed by atoms with Gasteiger partial charge in [0.15, 0.2) is 0 Å². The summed E-state index contributed by atoms with van der Waals surface area (Å²) in [5, 5.41) is 9.51. The van der Waals surface area contributed by atoms with Crippen LogP contribution in [0.2, 0.25) is 0 Å². The van der Waals surface area contributed by atoms with Crippen molar-refractivity contribution in [2.45, 2.75) is 6.54 Å². The Hall–Kier alpha value is -4.33. The third-order valence-corrected chi connectivity index (χ3v) is 6.55. The number of anilines is 3. The van der Waals surface area contributed by atoms with Crippen LogP contribution in [0, 0.1) is 5.82 Å². The molecule has 2 N–H and O–H groups in total. The van der Waals surface area contributed by atoms with Crippen LogP contribution in [0.5, 0.6) is 0 Å². The van der Waals surface area contributed by atoms with Gasteiger partial charge in [-0.25, -0.2) is 4.39 Å². The second kappa shape index (κ2) is 7.62. The lowest BCUT2D eigenvalue weighted by molar-refractivity contribution is 0.628. The van der Waals surface area contributed by atoms with Crippen molar-refractivity contribution in [1.82, 2.24) is 20.1 Å². The van der Waals surface area contributed by atoms with Crippen molar-refractivity contribution in [2.24, 2.45) is 7.05 Å². The Morgan fingerprint density at radius 3 is 2.68 bits per heavy atom. The Balaban J connectivity index is 1.57. The molecule has 1 aliphatic carbocycles. The van der Waals surface area contributed by atoms with Crippen LogP contribution in [0.25, 0.3) is 22.9 Å². The highest BCUT2D eigenvalue weighted by Gasteiger charge is 2.28. The standard InChI is InChI=1S/C26H23FN6O/c1-31-13-10-20(28-15-18-9-12-29-32(18)2)19-7-8-22-23-21(30-26(34)24(23)25(19)31)11-14-33(22)17-5-3-16(27)4-6-17/h3-13,28H,14-15H2,1-2H3,(H,30,34). The number of nitrogens with one attached hydrogen (secondary N) is 2. The molecule has 2 aromatic rings. The Labute approximate surface area is 195 Å². The molecular formula is C26H23FN6O. The maximum Gasteiger partial charge on any atom is 0.258 e. The minimum Gasteiger partial charge on any atom is -0.379 e. The average molecular weight is 455 g/mol. The number of halogens is 1. The summed E-state index contributed by atoms with van der Waals surface area (Å²) in [6, 6.07) is 12.5. The number of fused-ring (bicyclic) bond motifs is 2. The number of nitrogens with zero attached hydrogens (tertiary/aromatic N) is 4. The van der Waals surface area contributed by atoms with Crippen LogP contribution in [0.4, 0.5) is 21.5 Å². The van der Waals surface area contributed by atoms with E-state index in [-0.39, 0.29) is 11.4 Å². The summed E-state index contributed by atoms with van der Waals surface area (Å²) in [6.07, 6.45) is 7.77. The van der Waals surface area contributed by atoms with Crippen LogP contribution >= 0.6 is 0 Å². The molecule has 0 unspecified atom stereocenters. The van der Waals surface area contributed by atoms with Crippen LogP contribution in [0.1, 0.15) is 5.69 Å². The van der Waals surface area contributed by atoms with E-state index in [0.717, 1.165) is 44.6 Å². The van der Waals surface area contributed by atoms with Crippen molar-refractivity contribution < 1.29 is 4.39 Å². The molecule has 3 aliphatic heterocycles. The van der Waals surface area contributed by atoms with Crippen molar-refractivity contribution in [1.29, 1.82) is 0 Å². The third kappa shape index (κ3) is 3.10. The summed E-state index contributed by atoms with van der Waals surface area (Å²) in [7, 11) is 3.86. The molecule has 170 valence electrons. The molecule has 0 radical (unpaired) electrons. The van der Waals surface area contributed by atoms with Gasteiger partial charge < -0.3 is 20.1 Å².